The summed E-state index contributed by atoms with van der Waals surface area (Å²) in [5.41, 5.74) is 0. The molecule has 0 aromatic heterocycles. The first-order valence-corrected chi connectivity index (χ1v) is 30.7. The van der Waals surface area contributed by atoms with Gasteiger partial charge in [-0.15, -0.1) is 0 Å². The van der Waals surface area contributed by atoms with E-state index in [-0.39, 0.29) is 31.1 Å². The lowest BCUT2D eigenvalue weighted by molar-refractivity contribution is -0.167. The molecule has 0 bridgehead atoms. The summed E-state index contributed by atoms with van der Waals surface area (Å²) in [4.78, 5) is 38.2. The molecule has 0 spiro atoms. The lowest BCUT2D eigenvalue weighted by atomic mass is 10.1. The number of hydrogen-bond acceptors (Lipinski definition) is 6. The van der Waals surface area contributed by atoms with Crippen molar-refractivity contribution in [3.8, 4) is 0 Å². The first kappa shape index (κ1) is 70.5. The van der Waals surface area contributed by atoms with Crippen molar-refractivity contribution < 1.29 is 28.6 Å². The van der Waals surface area contributed by atoms with Crippen LogP contribution in [0, 0.1) is 0 Å². The van der Waals surface area contributed by atoms with Gasteiger partial charge in [-0.2, -0.15) is 0 Å². The largest absolute Gasteiger partial charge is 0.462 e. The van der Waals surface area contributed by atoms with Crippen LogP contribution < -0.4 is 0 Å². The van der Waals surface area contributed by atoms with Crippen LogP contribution in [-0.2, 0) is 28.6 Å². The van der Waals surface area contributed by atoms with Crippen molar-refractivity contribution >= 4 is 17.9 Å². The second-order valence-corrected chi connectivity index (χ2v) is 19.9. The average Bonchev–Trinajstić information content (AvgIpc) is 3.41. The van der Waals surface area contributed by atoms with Crippen LogP contribution in [0.15, 0.2) is 134 Å². The highest BCUT2D eigenvalue weighted by Crippen LogP contribution is 2.14. The third kappa shape index (κ3) is 60.3. The van der Waals surface area contributed by atoms with E-state index in [4.69, 9.17) is 14.2 Å². The van der Waals surface area contributed by atoms with Crippen LogP contribution >= 0.6 is 0 Å². The zero-order chi connectivity index (χ0) is 54.3. The number of rotatable bonds is 54. The predicted octanol–water partition coefficient (Wildman–Crippen LogP) is 21.0. The van der Waals surface area contributed by atoms with E-state index in [1.807, 2.05) is 0 Å². The summed E-state index contributed by atoms with van der Waals surface area (Å²) in [6.45, 7) is 6.42. The lowest BCUT2D eigenvalue weighted by Gasteiger charge is -2.18. The van der Waals surface area contributed by atoms with E-state index in [9.17, 15) is 14.4 Å². The second-order valence-electron chi connectivity index (χ2n) is 19.9. The Bertz CT molecular complexity index is 1620. The SMILES string of the molecule is CC/C=C\C/C=C\C/C=C\C/C=C\C/C=C\C/C=C\C/C=C\C/C=C\CCCCCCC(=O)OCC(COC(=O)CCCCCCC/C=C\CCCC)OC(=O)CCCCCCCCC/C=C\C/C=C\CCCCC. The summed E-state index contributed by atoms with van der Waals surface area (Å²) in [7, 11) is 0. The van der Waals surface area contributed by atoms with Gasteiger partial charge in [0.1, 0.15) is 13.2 Å². The molecule has 0 aliphatic carbocycles. The van der Waals surface area contributed by atoms with Crippen LogP contribution in [0.2, 0.25) is 0 Å². The number of esters is 3. The second kappa shape index (κ2) is 62.1. The van der Waals surface area contributed by atoms with Gasteiger partial charge < -0.3 is 14.2 Å². The molecular weight excluding hydrogens is 925 g/mol. The molecular formula is C69H112O6. The van der Waals surface area contributed by atoms with Crippen molar-refractivity contribution in [2.75, 3.05) is 13.2 Å². The minimum Gasteiger partial charge on any atom is -0.462 e. The molecule has 0 aliphatic rings. The van der Waals surface area contributed by atoms with Crippen molar-refractivity contribution in [1.29, 1.82) is 0 Å². The van der Waals surface area contributed by atoms with Gasteiger partial charge in [0.2, 0.25) is 0 Å². The summed E-state index contributed by atoms with van der Waals surface area (Å²) in [6, 6.07) is 0. The highest BCUT2D eigenvalue weighted by atomic mass is 16.6. The van der Waals surface area contributed by atoms with Crippen LogP contribution in [0.5, 0.6) is 0 Å². The monoisotopic (exact) mass is 1040 g/mol. The summed E-state index contributed by atoms with van der Waals surface area (Å²) in [6.07, 6.45) is 87.3. The molecule has 0 saturated carbocycles. The molecule has 424 valence electrons. The fourth-order valence-electron chi connectivity index (χ4n) is 8.00. The van der Waals surface area contributed by atoms with Crippen molar-refractivity contribution in [3.05, 3.63) is 134 Å². The molecule has 0 radical (unpaired) electrons. The van der Waals surface area contributed by atoms with Gasteiger partial charge in [-0.1, -0.05) is 244 Å². The van der Waals surface area contributed by atoms with Gasteiger partial charge in [0.15, 0.2) is 6.10 Å². The van der Waals surface area contributed by atoms with Crippen LogP contribution in [0.1, 0.15) is 265 Å². The van der Waals surface area contributed by atoms with Crippen LogP contribution in [0.25, 0.3) is 0 Å². The standard InChI is InChI=1S/C69H112O6/c1-4-7-10-13-16-19-22-24-26-28-29-30-31-32-33-34-35-36-37-38-39-41-42-44-47-50-53-56-59-62-68(71)74-65-66(64-73-67(70)61-58-55-52-49-46-21-18-15-12-9-6-3)75-69(72)63-60-57-54-51-48-45-43-40-27-25-23-20-17-14-11-8-5-2/h7,10,15-20,24-27,29-30,32-33,35-36,38-39,42,44,66H,4-6,8-9,11-14,21-23,28,31,34,37,40-41,43,45-65H2,1-3H3/b10-7-,18-15-,19-16-,20-17-,26-24-,27-25-,30-29-,33-32-,36-35-,39-38-,44-42-. The van der Waals surface area contributed by atoms with Gasteiger partial charge in [-0.05, 0) is 135 Å². The lowest BCUT2D eigenvalue weighted by Crippen LogP contribution is -2.30. The fourth-order valence-corrected chi connectivity index (χ4v) is 8.00. The van der Waals surface area contributed by atoms with Gasteiger partial charge in [0.05, 0.1) is 0 Å². The molecule has 0 aromatic rings. The van der Waals surface area contributed by atoms with E-state index >= 15 is 0 Å². The molecule has 0 aromatic carbocycles. The molecule has 0 heterocycles. The van der Waals surface area contributed by atoms with E-state index in [1.54, 1.807) is 0 Å². The molecule has 0 saturated heterocycles. The maximum absolute atomic E-state index is 12.9. The van der Waals surface area contributed by atoms with E-state index < -0.39 is 6.10 Å². The number of ether oxygens (including phenoxy) is 3. The zero-order valence-corrected chi connectivity index (χ0v) is 48.5. The molecule has 1 unspecified atom stereocenters. The molecule has 0 N–H and O–H groups in total. The third-order valence-electron chi connectivity index (χ3n) is 12.6. The van der Waals surface area contributed by atoms with Gasteiger partial charge in [0.25, 0.3) is 0 Å². The Kier molecular flexibility index (Phi) is 58.4. The smallest absolute Gasteiger partial charge is 0.306 e. The van der Waals surface area contributed by atoms with Gasteiger partial charge in [0, 0.05) is 19.3 Å². The fraction of sp³-hybridized carbons (Fsp3) is 0.638. The number of allylic oxidation sites excluding steroid dienone is 22. The van der Waals surface area contributed by atoms with Crippen molar-refractivity contribution in [1.82, 2.24) is 0 Å². The van der Waals surface area contributed by atoms with E-state index in [0.29, 0.717) is 19.3 Å². The number of unbranched alkanes of at least 4 members (excludes halogenated alkanes) is 21. The summed E-state index contributed by atoms with van der Waals surface area (Å²) < 4.78 is 16.8. The zero-order valence-electron chi connectivity index (χ0n) is 48.5. The Hall–Kier alpha value is -4.45. The first-order chi connectivity index (χ1) is 37.0. The van der Waals surface area contributed by atoms with Crippen molar-refractivity contribution in [3.63, 3.8) is 0 Å². The van der Waals surface area contributed by atoms with Crippen LogP contribution in [0.4, 0.5) is 0 Å². The Morgan fingerprint density at radius 3 is 0.867 bits per heavy atom. The highest BCUT2D eigenvalue weighted by Gasteiger charge is 2.19. The Balaban J connectivity index is 4.37. The third-order valence-corrected chi connectivity index (χ3v) is 12.6. The van der Waals surface area contributed by atoms with Gasteiger partial charge in [-0.25, -0.2) is 0 Å². The Morgan fingerprint density at radius 1 is 0.280 bits per heavy atom. The molecule has 0 fully saturated rings. The molecule has 75 heavy (non-hydrogen) atoms. The quantitative estimate of drug-likeness (QED) is 0.0261. The summed E-state index contributed by atoms with van der Waals surface area (Å²) in [5.74, 6) is -0.942. The average molecular weight is 1040 g/mol. The first-order valence-electron chi connectivity index (χ1n) is 30.7. The van der Waals surface area contributed by atoms with E-state index in [0.717, 1.165) is 148 Å². The summed E-state index contributed by atoms with van der Waals surface area (Å²) >= 11 is 0. The molecule has 0 amide bonds. The molecule has 6 heteroatoms. The van der Waals surface area contributed by atoms with E-state index in [2.05, 4.69) is 154 Å². The number of carbonyl (C=O) groups excluding carboxylic acids is 3. The topological polar surface area (TPSA) is 78.9 Å². The van der Waals surface area contributed by atoms with Gasteiger partial charge in [-0.3, -0.25) is 14.4 Å². The Morgan fingerprint density at radius 2 is 0.533 bits per heavy atom. The normalized spacial score (nSPS) is 13.1. The maximum atomic E-state index is 12.9. The Labute approximate surface area is 462 Å². The molecule has 6 nitrogen and oxygen atoms in total. The molecule has 1 atom stereocenters. The van der Waals surface area contributed by atoms with Crippen molar-refractivity contribution in [2.24, 2.45) is 0 Å². The van der Waals surface area contributed by atoms with Crippen LogP contribution in [-0.4, -0.2) is 37.2 Å². The highest BCUT2D eigenvalue weighted by molar-refractivity contribution is 5.71. The summed E-state index contributed by atoms with van der Waals surface area (Å²) in [5, 5.41) is 0. The van der Waals surface area contributed by atoms with Crippen LogP contribution in [0.3, 0.4) is 0 Å². The molecule has 0 rings (SSSR count). The maximum Gasteiger partial charge on any atom is 0.306 e. The number of hydrogen-bond donors (Lipinski definition) is 0. The minimum absolute atomic E-state index is 0.0973. The predicted molar refractivity (Wildman–Crippen MR) is 325 cm³/mol. The molecule has 0 aliphatic heterocycles. The minimum atomic E-state index is -0.801. The van der Waals surface area contributed by atoms with E-state index in [1.165, 1.54) is 77.0 Å². The van der Waals surface area contributed by atoms with Crippen molar-refractivity contribution in [2.45, 2.75) is 271 Å². The van der Waals surface area contributed by atoms with Gasteiger partial charge >= 0.3 is 17.9 Å². The number of carbonyl (C=O) groups is 3.